The molecule has 2 heterocycles. The lowest BCUT2D eigenvalue weighted by Crippen LogP contribution is -2.63. The fourth-order valence-electron chi connectivity index (χ4n) is 6.19. The van der Waals surface area contributed by atoms with Crippen LogP contribution in [-0.4, -0.2) is 119 Å². The molecular weight excluding hydrogens is 570 g/mol. The number of hydrogen-bond acceptors (Lipinski definition) is 11. The van der Waals surface area contributed by atoms with Gasteiger partial charge >= 0.3 is 5.97 Å². The number of hydrogen-bond donors (Lipinski definition) is 4. The topological polar surface area (TPSA) is 155 Å². The van der Waals surface area contributed by atoms with Crippen molar-refractivity contribution in [3.8, 4) is 0 Å². The zero-order valence-corrected chi connectivity index (χ0v) is 27.6. The van der Waals surface area contributed by atoms with Crippen LogP contribution >= 0.6 is 0 Å². The second-order valence-electron chi connectivity index (χ2n) is 12.8. The highest BCUT2D eigenvalue weighted by atomic mass is 16.7. The van der Waals surface area contributed by atoms with E-state index in [1.807, 2.05) is 13.8 Å². The van der Waals surface area contributed by atoms with Gasteiger partial charge in [-0.15, -0.1) is 6.58 Å². The normalized spacial score (nSPS) is 41.9. The van der Waals surface area contributed by atoms with Gasteiger partial charge in [0.15, 0.2) is 12.1 Å². The zero-order chi connectivity index (χ0) is 33.4. The molecule has 2 aliphatic heterocycles. The van der Waals surface area contributed by atoms with E-state index in [1.54, 1.807) is 64.9 Å². The summed E-state index contributed by atoms with van der Waals surface area (Å²) in [6.07, 6.45) is -0.0715. The predicted molar refractivity (Wildman–Crippen MR) is 165 cm³/mol. The number of esters is 1. The molecule has 0 aromatic carbocycles. The zero-order valence-electron chi connectivity index (χ0n) is 27.6. The highest BCUT2D eigenvalue weighted by Crippen LogP contribution is 2.35. The Morgan fingerprint density at radius 1 is 1.14 bits per heavy atom. The molecule has 4 N–H and O–H groups in total. The van der Waals surface area contributed by atoms with Crippen LogP contribution in [0.15, 0.2) is 36.5 Å². The Hall–Kier alpha value is -1.96. The van der Waals surface area contributed by atoms with Gasteiger partial charge in [-0.25, -0.2) is 0 Å². The summed E-state index contributed by atoms with van der Waals surface area (Å²) in [6.45, 7) is 14.1. The van der Waals surface area contributed by atoms with E-state index in [0.717, 1.165) is 0 Å². The predicted octanol–water partition coefficient (Wildman–Crippen LogP) is 2.16. The fourth-order valence-corrected chi connectivity index (χ4v) is 6.19. The van der Waals surface area contributed by atoms with Crippen molar-refractivity contribution >= 4 is 11.8 Å². The maximum atomic E-state index is 13.7. The Morgan fingerprint density at radius 3 is 2.36 bits per heavy atom. The molecule has 11 nitrogen and oxygen atoms in total. The summed E-state index contributed by atoms with van der Waals surface area (Å²) in [4.78, 5) is 28.4. The van der Waals surface area contributed by atoms with Gasteiger partial charge in [-0.3, -0.25) is 9.59 Å². The van der Waals surface area contributed by atoms with E-state index >= 15 is 0 Å². The van der Waals surface area contributed by atoms with Crippen molar-refractivity contribution in [1.29, 1.82) is 0 Å². The number of aliphatic hydroxyl groups excluding tert-OH is 4. The third kappa shape index (κ3) is 9.77. The Bertz CT molecular complexity index is 1010. The molecule has 0 spiro atoms. The molecule has 2 rings (SSSR count). The van der Waals surface area contributed by atoms with Gasteiger partial charge in [0.1, 0.15) is 17.8 Å². The van der Waals surface area contributed by atoms with E-state index in [1.165, 1.54) is 6.08 Å². The lowest BCUT2D eigenvalue weighted by atomic mass is 9.80. The molecule has 1 fully saturated rings. The Labute approximate surface area is 262 Å². The summed E-state index contributed by atoms with van der Waals surface area (Å²) < 4.78 is 24.1. The fraction of sp³-hybridized carbons (Fsp3) is 0.758. The lowest BCUT2D eigenvalue weighted by molar-refractivity contribution is -0.304. The average Bonchev–Trinajstić information content (AvgIpc) is 2.96. The van der Waals surface area contributed by atoms with Crippen LogP contribution in [0.4, 0.5) is 0 Å². The van der Waals surface area contributed by atoms with Gasteiger partial charge in [-0.2, -0.15) is 0 Å². The van der Waals surface area contributed by atoms with Crippen LogP contribution in [0, 0.1) is 17.8 Å². The van der Waals surface area contributed by atoms with Gasteiger partial charge in [0.05, 0.1) is 50.1 Å². The largest absolute Gasteiger partial charge is 0.462 e. The first-order valence-corrected chi connectivity index (χ1v) is 15.6. The maximum Gasteiger partial charge on any atom is 0.308 e. The molecule has 12 atom stereocenters. The molecule has 44 heavy (non-hydrogen) atoms. The van der Waals surface area contributed by atoms with Crippen molar-refractivity contribution in [2.45, 2.75) is 115 Å². The number of cyclic esters (lactones) is 1. The van der Waals surface area contributed by atoms with Crippen LogP contribution in [0.2, 0.25) is 0 Å². The van der Waals surface area contributed by atoms with Crippen LogP contribution in [0.25, 0.3) is 0 Å². The third-order valence-electron chi connectivity index (χ3n) is 8.86. The standard InChI is InChI=1S/C33H55NO10/c1-10-14-41-33(7)17-20(4)31(44-32-30(40)28(34(8)9)29(39)22(6)42-32)21(5)24(36)16-27(38)43-25(11-2)23(18-35)15-19(3)12-13-26(33)37/h10,12-13,15,20-25,28-32,35-36,39-40H,1,11,14,16-18H2,2-9H3/b13-12+,19-15+/t20-,21-,22?,23?,24+,25+,28?,29?,30?,31-,32?,33-/m0/s1. The number of rotatable bonds is 8. The summed E-state index contributed by atoms with van der Waals surface area (Å²) >= 11 is 0. The number of carbonyl (C=O) groups excluding carboxylic acids is 2. The molecule has 0 aromatic heterocycles. The average molecular weight is 626 g/mol. The summed E-state index contributed by atoms with van der Waals surface area (Å²) in [5, 5.41) is 43.3. The number of nitrogens with zero attached hydrogens (tertiary/aromatic N) is 1. The van der Waals surface area contributed by atoms with Crippen LogP contribution in [0.3, 0.4) is 0 Å². The van der Waals surface area contributed by atoms with Crippen molar-refractivity contribution < 1.29 is 49.0 Å². The SMILES string of the molecule is C=CCO[C@@]1(C)C[C@H](C)[C@H](OC2OC(C)C(O)C(N(C)C)C2O)[C@@H](C)[C@H](O)CC(=O)O[C@H](CC)C(CO)/C=C(C)/C=C/C1=O. The van der Waals surface area contributed by atoms with Crippen LogP contribution in [0.5, 0.6) is 0 Å². The van der Waals surface area contributed by atoms with Crippen molar-refractivity contribution in [3.63, 3.8) is 0 Å². The molecule has 2 aliphatic rings. The smallest absolute Gasteiger partial charge is 0.308 e. The van der Waals surface area contributed by atoms with E-state index in [4.69, 9.17) is 18.9 Å². The minimum atomic E-state index is -1.31. The highest BCUT2D eigenvalue weighted by molar-refractivity contribution is 5.97. The molecule has 0 amide bonds. The molecule has 0 saturated carbocycles. The first-order chi connectivity index (χ1) is 20.6. The lowest BCUT2D eigenvalue weighted by Gasteiger charge is -2.46. The van der Waals surface area contributed by atoms with Crippen molar-refractivity contribution in [1.82, 2.24) is 4.90 Å². The molecular formula is C33H55NO10. The third-order valence-corrected chi connectivity index (χ3v) is 8.86. The molecule has 0 bridgehead atoms. The summed E-state index contributed by atoms with van der Waals surface area (Å²) in [5.41, 5.74) is -0.611. The quantitative estimate of drug-likeness (QED) is 0.232. The van der Waals surface area contributed by atoms with Crippen LogP contribution in [-0.2, 0) is 28.5 Å². The second kappa shape index (κ2) is 17.1. The highest BCUT2D eigenvalue weighted by Gasteiger charge is 2.47. The Kier molecular flexibility index (Phi) is 14.9. The van der Waals surface area contributed by atoms with Gasteiger partial charge in [0.25, 0.3) is 0 Å². The van der Waals surface area contributed by atoms with E-state index < -0.39 is 78.3 Å². The summed E-state index contributed by atoms with van der Waals surface area (Å²) in [5.74, 6) is -2.58. The summed E-state index contributed by atoms with van der Waals surface area (Å²) in [6, 6.07) is -0.685. The first-order valence-electron chi connectivity index (χ1n) is 15.6. The van der Waals surface area contributed by atoms with Gasteiger partial charge in [-0.05, 0) is 59.7 Å². The molecule has 0 aromatic rings. The van der Waals surface area contributed by atoms with Gasteiger partial charge in [0.2, 0.25) is 0 Å². The summed E-state index contributed by atoms with van der Waals surface area (Å²) in [7, 11) is 3.48. The Balaban J connectivity index is 2.58. The number of aliphatic hydroxyl groups is 4. The van der Waals surface area contributed by atoms with E-state index in [-0.39, 0.29) is 31.8 Å². The minimum absolute atomic E-state index is 0.113. The number of ketones is 1. The molecule has 0 aliphatic carbocycles. The van der Waals surface area contributed by atoms with Crippen molar-refractivity contribution in [3.05, 3.63) is 36.5 Å². The first kappa shape index (κ1) is 38.2. The number of carbonyl (C=O) groups is 2. The monoisotopic (exact) mass is 625 g/mol. The van der Waals surface area contributed by atoms with Crippen LogP contribution < -0.4 is 0 Å². The molecule has 6 unspecified atom stereocenters. The molecule has 252 valence electrons. The van der Waals surface area contributed by atoms with E-state index in [9.17, 15) is 30.0 Å². The number of likely N-dealkylation sites (N-methyl/N-ethyl adjacent to an activating group) is 1. The second-order valence-corrected chi connectivity index (χ2v) is 12.8. The molecule has 11 heteroatoms. The minimum Gasteiger partial charge on any atom is -0.462 e. The molecule has 0 radical (unpaired) electrons. The van der Waals surface area contributed by atoms with Crippen LogP contribution in [0.1, 0.15) is 60.8 Å². The van der Waals surface area contributed by atoms with Gasteiger partial charge in [0, 0.05) is 11.8 Å². The maximum absolute atomic E-state index is 13.7. The van der Waals surface area contributed by atoms with E-state index in [0.29, 0.717) is 12.0 Å². The van der Waals surface area contributed by atoms with Crippen molar-refractivity contribution in [2.75, 3.05) is 27.3 Å². The van der Waals surface area contributed by atoms with Gasteiger partial charge in [-0.1, -0.05) is 44.6 Å². The Morgan fingerprint density at radius 2 is 1.80 bits per heavy atom. The van der Waals surface area contributed by atoms with E-state index in [2.05, 4.69) is 6.58 Å². The number of allylic oxidation sites excluding steroid dienone is 2. The molecule has 1 saturated heterocycles. The van der Waals surface area contributed by atoms with Gasteiger partial charge < -0.3 is 44.3 Å². The number of ether oxygens (including phenoxy) is 4. The van der Waals surface area contributed by atoms with Crippen molar-refractivity contribution in [2.24, 2.45) is 17.8 Å².